The number of carbonyl (C=O) groups excluding carboxylic acids is 2. The van der Waals surface area contributed by atoms with Crippen molar-refractivity contribution in [3.05, 3.63) is 105 Å². The maximum Gasteiger partial charge on any atom is 0.318 e. The average Bonchev–Trinajstić information content (AvgIpc) is 3.75. The topological polar surface area (TPSA) is 83.4 Å². The lowest BCUT2D eigenvalue weighted by molar-refractivity contribution is 0.103. The second kappa shape index (κ2) is 10.9. The Labute approximate surface area is 221 Å². The Bertz CT molecular complexity index is 1410. The Hall–Kier alpha value is -3.78. The number of amides is 2. The highest BCUT2D eigenvalue weighted by atomic mass is 19.1. The van der Waals surface area contributed by atoms with E-state index in [0.717, 1.165) is 42.5 Å². The third kappa shape index (κ3) is 5.70. The summed E-state index contributed by atoms with van der Waals surface area (Å²) in [4.78, 5) is 40.8. The highest BCUT2D eigenvalue weighted by Gasteiger charge is 2.35. The molecule has 5 rings (SSSR count). The SMILES string of the molecule is Cc1ccc(CN(C(=O)N[C@@H]2CNCC[C@H]2c2ccn(C)c(=O)c2)C2CC2)cc1C(=O)c1cccc(F)c1. The van der Waals surface area contributed by atoms with Gasteiger partial charge in [-0.1, -0.05) is 24.3 Å². The van der Waals surface area contributed by atoms with Gasteiger partial charge in [0.25, 0.3) is 5.56 Å². The number of benzene rings is 2. The largest absolute Gasteiger partial charge is 0.333 e. The first-order valence-corrected chi connectivity index (χ1v) is 13.1. The summed E-state index contributed by atoms with van der Waals surface area (Å²) in [7, 11) is 1.73. The molecule has 38 heavy (non-hydrogen) atoms. The van der Waals surface area contributed by atoms with Crippen molar-refractivity contribution in [1.82, 2.24) is 20.1 Å². The Balaban J connectivity index is 1.34. The van der Waals surface area contributed by atoms with Crippen LogP contribution in [0.3, 0.4) is 0 Å². The molecular weight excluding hydrogens is 483 g/mol. The molecule has 2 aromatic carbocycles. The van der Waals surface area contributed by atoms with Gasteiger partial charge in [0.05, 0.1) is 0 Å². The lowest BCUT2D eigenvalue weighted by atomic mass is 9.86. The predicted molar refractivity (Wildman–Crippen MR) is 144 cm³/mol. The standard InChI is InChI=1S/C30H33FN4O3/c1-19-6-7-20(14-26(19)29(37)22-4-3-5-23(31)15-22)18-35(24-8-9-24)30(38)33-27-17-32-12-10-25(27)21-11-13-34(2)28(36)16-21/h3-7,11,13-16,24-25,27,32H,8-10,12,17-18H2,1-2H3,(H,33,38)/t25-,27+/m0/s1. The number of carbonyl (C=O) groups is 2. The van der Waals surface area contributed by atoms with Gasteiger partial charge in [0.1, 0.15) is 5.82 Å². The molecule has 2 atom stereocenters. The van der Waals surface area contributed by atoms with Crippen molar-refractivity contribution < 1.29 is 14.0 Å². The van der Waals surface area contributed by atoms with Crippen molar-refractivity contribution in [1.29, 1.82) is 0 Å². The van der Waals surface area contributed by atoms with E-state index in [1.165, 1.54) is 18.2 Å². The van der Waals surface area contributed by atoms with Gasteiger partial charge in [-0.05, 0) is 73.7 Å². The smallest absolute Gasteiger partial charge is 0.318 e. The number of ketones is 1. The molecule has 2 N–H and O–H groups in total. The van der Waals surface area contributed by atoms with Gasteiger partial charge in [0.2, 0.25) is 0 Å². The minimum atomic E-state index is -0.451. The van der Waals surface area contributed by atoms with E-state index in [-0.39, 0.29) is 35.4 Å². The van der Waals surface area contributed by atoms with Gasteiger partial charge in [0, 0.05) is 61.5 Å². The van der Waals surface area contributed by atoms with E-state index in [2.05, 4.69) is 10.6 Å². The van der Waals surface area contributed by atoms with E-state index in [0.29, 0.717) is 24.2 Å². The summed E-state index contributed by atoms with van der Waals surface area (Å²) in [6.07, 6.45) is 4.48. The fourth-order valence-electron chi connectivity index (χ4n) is 5.19. The Morgan fingerprint density at radius 1 is 1.11 bits per heavy atom. The molecule has 2 heterocycles. The van der Waals surface area contributed by atoms with Gasteiger partial charge in [0.15, 0.2) is 5.78 Å². The van der Waals surface area contributed by atoms with Crippen LogP contribution in [0.15, 0.2) is 65.6 Å². The maximum absolute atomic E-state index is 13.7. The third-order valence-electron chi connectivity index (χ3n) is 7.58. The van der Waals surface area contributed by atoms with Gasteiger partial charge in [-0.3, -0.25) is 9.59 Å². The number of pyridine rings is 1. The van der Waals surface area contributed by atoms with Crippen LogP contribution in [0.4, 0.5) is 9.18 Å². The molecule has 1 saturated heterocycles. The van der Waals surface area contributed by atoms with Crippen LogP contribution in [0, 0.1) is 12.7 Å². The summed E-state index contributed by atoms with van der Waals surface area (Å²) in [5, 5.41) is 6.60. The van der Waals surface area contributed by atoms with Crippen LogP contribution in [-0.4, -0.2) is 46.5 Å². The third-order valence-corrected chi connectivity index (χ3v) is 7.58. The highest BCUT2D eigenvalue weighted by Crippen LogP contribution is 2.30. The summed E-state index contributed by atoms with van der Waals surface area (Å²) in [6.45, 7) is 3.68. The van der Waals surface area contributed by atoms with E-state index in [1.54, 1.807) is 29.9 Å². The molecule has 2 fully saturated rings. The first-order chi connectivity index (χ1) is 18.3. The zero-order valence-electron chi connectivity index (χ0n) is 21.7. The number of halogens is 1. The van der Waals surface area contributed by atoms with Gasteiger partial charge in [-0.25, -0.2) is 9.18 Å². The summed E-state index contributed by atoms with van der Waals surface area (Å²) < 4.78 is 15.3. The van der Waals surface area contributed by atoms with Crippen LogP contribution in [0.5, 0.6) is 0 Å². The van der Waals surface area contributed by atoms with Crippen molar-refractivity contribution >= 4 is 11.8 Å². The molecule has 1 aliphatic heterocycles. The molecule has 0 bridgehead atoms. The van der Waals surface area contributed by atoms with Crippen molar-refractivity contribution in [3.63, 3.8) is 0 Å². The van der Waals surface area contributed by atoms with Crippen molar-refractivity contribution in [2.45, 2.75) is 50.7 Å². The fourth-order valence-corrected chi connectivity index (χ4v) is 5.19. The number of piperidine rings is 1. The summed E-state index contributed by atoms with van der Waals surface area (Å²) in [6, 6.07) is 14.8. The number of aryl methyl sites for hydroxylation is 2. The van der Waals surface area contributed by atoms with Crippen molar-refractivity contribution in [3.8, 4) is 0 Å². The predicted octanol–water partition coefficient (Wildman–Crippen LogP) is 3.88. The van der Waals surface area contributed by atoms with Crippen molar-refractivity contribution in [2.24, 2.45) is 7.05 Å². The van der Waals surface area contributed by atoms with E-state index in [9.17, 15) is 18.8 Å². The molecule has 3 aromatic rings. The van der Waals surface area contributed by atoms with Gasteiger partial charge in [-0.2, -0.15) is 0 Å². The molecular formula is C30H33FN4O3. The second-order valence-electron chi connectivity index (χ2n) is 10.4. The highest BCUT2D eigenvalue weighted by molar-refractivity contribution is 6.10. The van der Waals surface area contributed by atoms with Crippen molar-refractivity contribution in [2.75, 3.05) is 13.1 Å². The Morgan fingerprint density at radius 3 is 2.66 bits per heavy atom. The molecule has 0 unspecified atom stereocenters. The molecule has 1 aromatic heterocycles. The zero-order chi connectivity index (χ0) is 26.8. The van der Waals surface area contributed by atoms with Crippen LogP contribution >= 0.6 is 0 Å². The lowest BCUT2D eigenvalue weighted by Gasteiger charge is -2.35. The molecule has 1 saturated carbocycles. The second-order valence-corrected chi connectivity index (χ2v) is 10.4. The molecule has 0 spiro atoms. The van der Waals surface area contributed by atoms with Crippen LogP contribution in [-0.2, 0) is 13.6 Å². The number of aromatic nitrogens is 1. The average molecular weight is 517 g/mol. The Morgan fingerprint density at radius 2 is 1.92 bits per heavy atom. The summed E-state index contributed by atoms with van der Waals surface area (Å²) in [5.74, 6) is -0.644. The summed E-state index contributed by atoms with van der Waals surface area (Å²) >= 11 is 0. The monoisotopic (exact) mass is 516 g/mol. The van der Waals surface area contributed by atoms with Crippen LogP contribution < -0.4 is 16.2 Å². The first-order valence-electron chi connectivity index (χ1n) is 13.1. The van der Waals surface area contributed by atoms with Gasteiger partial charge in [-0.15, -0.1) is 0 Å². The molecule has 2 amide bonds. The van der Waals surface area contributed by atoms with E-state index in [1.807, 2.05) is 36.1 Å². The van der Waals surface area contributed by atoms with E-state index < -0.39 is 5.82 Å². The number of hydrogen-bond donors (Lipinski definition) is 2. The Kier molecular flexibility index (Phi) is 7.42. The number of hydrogen-bond acceptors (Lipinski definition) is 4. The van der Waals surface area contributed by atoms with Crippen LogP contribution in [0.2, 0.25) is 0 Å². The minimum Gasteiger partial charge on any atom is -0.333 e. The van der Waals surface area contributed by atoms with Crippen LogP contribution in [0.1, 0.15) is 57.8 Å². The fraction of sp³-hybridized carbons (Fsp3) is 0.367. The number of rotatable bonds is 7. The normalized spacial score (nSPS) is 19.1. The number of urea groups is 1. The summed E-state index contributed by atoms with van der Waals surface area (Å²) in [5.41, 5.74) is 3.34. The molecule has 8 heteroatoms. The lowest BCUT2D eigenvalue weighted by Crippen LogP contribution is -2.53. The molecule has 7 nitrogen and oxygen atoms in total. The number of nitrogens with zero attached hydrogens (tertiary/aromatic N) is 2. The molecule has 1 aliphatic carbocycles. The van der Waals surface area contributed by atoms with Crippen LogP contribution in [0.25, 0.3) is 0 Å². The van der Waals surface area contributed by atoms with E-state index in [4.69, 9.17) is 0 Å². The van der Waals surface area contributed by atoms with Gasteiger partial charge < -0.3 is 20.1 Å². The molecule has 0 radical (unpaired) electrons. The zero-order valence-corrected chi connectivity index (χ0v) is 21.7. The van der Waals surface area contributed by atoms with Gasteiger partial charge >= 0.3 is 6.03 Å². The number of nitrogens with one attached hydrogen (secondary N) is 2. The first kappa shape index (κ1) is 25.9. The van der Waals surface area contributed by atoms with E-state index >= 15 is 0 Å². The quantitative estimate of drug-likeness (QED) is 0.467. The molecule has 198 valence electrons. The minimum absolute atomic E-state index is 0.0463. The molecule has 2 aliphatic rings. The maximum atomic E-state index is 13.7.